The number of carbonyl (C=O) groups excluding carboxylic acids is 1. The van der Waals surface area contributed by atoms with E-state index in [1.807, 2.05) is 30.1 Å². The quantitative estimate of drug-likeness (QED) is 0.700. The number of hydrogen-bond donors (Lipinski definition) is 0. The van der Waals surface area contributed by atoms with Gasteiger partial charge in [-0.3, -0.25) is 4.79 Å². The molecule has 1 amide bonds. The first-order valence-electron chi connectivity index (χ1n) is 5.11. The molecule has 1 heterocycles. The normalized spacial score (nSPS) is 20.0. The molecule has 0 aromatic heterocycles. The Morgan fingerprint density at radius 2 is 2.07 bits per heavy atom. The monoisotopic (exact) mass is 189 g/mol. The summed E-state index contributed by atoms with van der Waals surface area (Å²) in [5.74, 6) is 0.166. The third-order valence-electron chi connectivity index (χ3n) is 2.90. The van der Waals surface area contributed by atoms with Gasteiger partial charge in [-0.2, -0.15) is 0 Å². The Kier molecular flexibility index (Phi) is 2.28. The largest absolute Gasteiger partial charge is 0.335 e. The molecule has 0 saturated carbocycles. The van der Waals surface area contributed by atoms with Crippen LogP contribution in [0.4, 0.5) is 0 Å². The Balaban J connectivity index is 2.42. The second-order valence-corrected chi connectivity index (χ2v) is 3.81. The smallest absolute Gasteiger partial charge is 0.254 e. The van der Waals surface area contributed by atoms with Crippen LogP contribution in [0, 0.1) is 0 Å². The molecule has 0 saturated heterocycles. The van der Waals surface area contributed by atoms with Crippen molar-refractivity contribution in [1.29, 1.82) is 0 Å². The molecule has 1 atom stereocenters. The van der Waals surface area contributed by atoms with E-state index < -0.39 is 0 Å². The van der Waals surface area contributed by atoms with Crippen molar-refractivity contribution in [3.05, 3.63) is 35.4 Å². The molecule has 0 fully saturated rings. The highest BCUT2D eigenvalue weighted by Gasteiger charge is 2.32. The maximum absolute atomic E-state index is 11.8. The van der Waals surface area contributed by atoms with Crippen LogP contribution in [0.1, 0.15) is 41.7 Å². The number of fused-ring (bicyclic) bond motifs is 1. The first-order chi connectivity index (χ1) is 6.75. The molecule has 0 N–H and O–H groups in total. The lowest BCUT2D eigenvalue weighted by atomic mass is 10.0. The fraction of sp³-hybridized carbons (Fsp3) is 0.417. The van der Waals surface area contributed by atoms with Gasteiger partial charge < -0.3 is 4.90 Å². The second kappa shape index (κ2) is 3.45. The van der Waals surface area contributed by atoms with Gasteiger partial charge in [0, 0.05) is 12.6 Å². The van der Waals surface area contributed by atoms with Crippen molar-refractivity contribution in [1.82, 2.24) is 4.90 Å². The molecule has 0 aliphatic carbocycles. The van der Waals surface area contributed by atoms with Crippen LogP contribution in [0.5, 0.6) is 0 Å². The minimum atomic E-state index is 0.166. The van der Waals surface area contributed by atoms with Gasteiger partial charge in [0.15, 0.2) is 0 Å². The van der Waals surface area contributed by atoms with E-state index >= 15 is 0 Å². The molecule has 0 radical (unpaired) electrons. The molecule has 1 aromatic rings. The summed E-state index contributed by atoms with van der Waals surface area (Å²) in [6.45, 7) is 2.15. The Morgan fingerprint density at radius 3 is 2.79 bits per heavy atom. The van der Waals surface area contributed by atoms with Crippen molar-refractivity contribution in [3.63, 3.8) is 0 Å². The predicted molar refractivity (Wildman–Crippen MR) is 56.2 cm³/mol. The predicted octanol–water partition coefficient (Wildman–Crippen LogP) is 2.61. The summed E-state index contributed by atoms with van der Waals surface area (Å²) in [6.07, 6.45) is 2.16. The number of benzene rings is 1. The van der Waals surface area contributed by atoms with Crippen LogP contribution in [0.25, 0.3) is 0 Å². The molecule has 1 aliphatic heterocycles. The molecular formula is C12H15NO. The van der Waals surface area contributed by atoms with Crippen LogP contribution in [-0.4, -0.2) is 17.9 Å². The summed E-state index contributed by atoms with van der Waals surface area (Å²) in [5, 5.41) is 0. The first-order valence-corrected chi connectivity index (χ1v) is 5.11. The molecule has 1 unspecified atom stereocenters. The molecule has 74 valence electrons. The molecule has 0 spiro atoms. The maximum Gasteiger partial charge on any atom is 0.254 e. The third kappa shape index (κ3) is 1.22. The summed E-state index contributed by atoms with van der Waals surface area (Å²) in [6, 6.07) is 8.22. The van der Waals surface area contributed by atoms with Crippen LogP contribution >= 0.6 is 0 Å². The summed E-state index contributed by atoms with van der Waals surface area (Å²) in [5.41, 5.74) is 2.08. The van der Waals surface area contributed by atoms with Crippen LogP contribution in [0.2, 0.25) is 0 Å². The Labute approximate surface area is 84.5 Å². The highest BCUT2D eigenvalue weighted by Crippen LogP contribution is 2.34. The Hall–Kier alpha value is -1.31. The zero-order valence-corrected chi connectivity index (χ0v) is 8.66. The number of hydrogen-bond acceptors (Lipinski definition) is 1. The van der Waals surface area contributed by atoms with Gasteiger partial charge in [0.1, 0.15) is 0 Å². The third-order valence-corrected chi connectivity index (χ3v) is 2.90. The van der Waals surface area contributed by atoms with Crippen molar-refractivity contribution >= 4 is 5.91 Å². The van der Waals surface area contributed by atoms with E-state index in [1.165, 1.54) is 5.56 Å². The number of carbonyl (C=O) groups is 1. The van der Waals surface area contributed by atoms with Crippen molar-refractivity contribution in [3.8, 4) is 0 Å². The van der Waals surface area contributed by atoms with E-state index in [2.05, 4.69) is 13.0 Å². The summed E-state index contributed by atoms with van der Waals surface area (Å²) >= 11 is 0. The topological polar surface area (TPSA) is 20.3 Å². The second-order valence-electron chi connectivity index (χ2n) is 3.81. The molecule has 0 bridgehead atoms. The van der Waals surface area contributed by atoms with Crippen LogP contribution in [-0.2, 0) is 0 Å². The van der Waals surface area contributed by atoms with E-state index in [0.29, 0.717) is 6.04 Å². The highest BCUT2D eigenvalue weighted by atomic mass is 16.2. The Bertz CT molecular complexity index is 359. The van der Waals surface area contributed by atoms with Gasteiger partial charge in [-0.05, 0) is 18.1 Å². The lowest BCUT2D eigenvalue weighted by molar-refractivity contribution is 0.0768. The van der Waals surface area contributed by atoms with E-state index in [4.69, 9.17) is 0 Å². The first kappa shape index (κ1) is 9.25. The average molecular weight is 189 g/mol. The minimum absolute atomic E-state index is 0.166. The van der Waals surface area contributed by atoms with Gasteiger partial charge in [-0.15, -0.1) is 0 Å². The zero-order valence-electron chi connectivity index (χ0n) is 8.66. The van der Waals surface area contributed by atoms with Crippen LogP contribution < -0.4 is 0 Å². The van der Waals surface area contributed by atoms with Crippen molar-refractivity contribution in [2.45, 2.75) is 25.8 Å². The lowest BCUT2D eigenvalue weighted by Gasteiger charge is -2.19. The van der Waals surface area contributed by atoms with E-state index in [9.17, 15) is 4.79 Å². The number of nitrogens with zero attached hydrogens (tertiary/aromatic N) is 1. The molecular weight excluding hydrogens is 174 g/mol. The van der Waals surface area contributed by atoms with Gasteiger partial charge in [0.05, 0.1) is 6.04 Å². The number of amides is 1. The Morgan fingerprint density at radius 1 is 1.36 bits per heavy atom. The fourth-order valence-electron chi connectivity index (χ4n) is 2.15. The summed E-state index contributed by atoms with van der Waals surface area (Å²) < 4.78 is 0. The van der Waals surface area contributed by atoms with Gasteiger partial charge in [0.2, 0.25) is 0 Å². The SMILES string of the molecule is CCCC1c2ccccc2C(=O)N1C. The van der Waals surface area contributed by atoms with E-state index in [-0.39, 0.29) is 5.91 Å². The van der Waals surface area contributed by atoms with E-state index in [1.54, 1.807) is 0 Å². The van der Waals surface area contributed by atoms with Gasteiger partial charge >= 0.3 is 0 Å². The summed E-state index contributed by atoms with van der Waals surface area (Å²) in [4.78, 5) is 13.7. The van der Waals surface area contributed by atoms with Gasteiger partial charge in [-0.1, -0.05) is 31.5 Å². The molecule has 1 aliphatic rings. The van der Waals surface area contributed by atoms with Crippen molar-refractivity contribution in [2.75, 3.05) is 7.05 Å². The van der Waals surface area contributed by atoms with Crippen molar-refractivity contribution < 1.29 is 4.79 Å². The molecule has 2 heteroatoms. The average Bonchev–Trinajstić information content (AvgIpc) is 2.45. The molecule has 14 heavy (non-hydrogen) atoms. The fourth-order valence-corrected chi connectivity index (χ4v) is 2.15. The molecule has 1 aromatic carbocycles. The minimum Gasteiger partial charge on any atom is -0.335 e. The van der Waals surface area contributed by atoms with Crippen molar-refractivity contribution in [2.24, 2.45) is 0 Å². The lowest BCUT2D eigenvalue weighted by Crippen LogP contribution is -2.22. The standard InChI is InChI=1S/C12H15NO/c1-3-6-11-9-7-4-5-8-10(9)12(14)13(11)2/h4-5,7-8,11H,3,6H2,1-2H3. The maximum atomic E-state index is 11.8. The molecule has 2 rings (SSSR count). The van der Waals surface area contributed by atoms with E-state index in [0.717, 1.165) is 18.4 Å². The summed E-state index contributed by atoms with van der Waals surface area (Å²) in [7, 11) is 1.89. The zero-order chi connectivity index (χ0) is 10.1. The van der Waals surface area contributed by atoms with Gasteiger partial charge in [-0.25, -0.2) is 0 Å². The van der Waals surface area contributed by atoms with Gasteiger partial charge in [0.25, 0.3) is 5.91 Å². The van der Waals surface area contributed by atoms with Crippen LogP contribution in [0.15, 0.2) is 24.3 Å². The number of rotatable bonds is 2. The highest BCUT2D eigenvalue weighted by molar-refractivity contribution is 5.98. The molecule has 2 nitrogen and oxygen atoms in total. The van der Waals surface area contributed by atoms with Crippen LogP contribution in [0.3, 0.4) is 0 Å².